The van der Waals surface area contributed by atoms with Gasteiger partial charge in [-0.25, -0.2) is 0 Å². The summed E-state index contributed by atoms with van der Waals surface area (Å²) in [5, 5.41) is 20.4. The maximum absolute atomic E-state index is 12.6. The maximum atomic E-state index is 12.6. The summed E-state index contributed by atoms with van der Waals surface area (Å²) in [6.45, 7) is 6.79. The number of pyridine rings is 1. The van der Waals surface area contributed by atoms with Crippen LogP contribution in [0.25, 0.3) is 11.7 Å². The zero-order valence-electron chi connectivity index (χ0n) is 17.0. The lowest BCUT2D eigenvalue weighted by Crippen LogP contribution is -2.25. The first-order chi connectivity index (χ1) is 14.0. The molecule has 8 heteroatoms. The summed E-state index contributed by atoms with van der Waals surface area (Å²) in [5.74, 6) is 0.146. The van der Waals surface area contributed by atoms with Crippen molar-refractivity contribution in [3.63, 3.8) is 0 Å². The van der Waals surface area contributed by atoms with Crippen LogP contribution in [0.1, 0.15) is 35.7 Å². The van der Waals surface area contributed by atoms with Crippen LogP contribution in [0.4, 0.5) is 0 Å². The maximum Gasteiger partial charge on any atom is 0.262 e. The van der Waals surface area contributed by atoms with Crippen molar-refractivity contribution >= 4 is 17.6 Å². The van der Waals surface area contributed by atoms with Gasteiger partial charge in [0.1, 0.15) is 11.6 Å². The number of nitriles is 1. The van der Waals surface area contributed by atoms with E-state index in [9.17, 15) is 10.1 Å². The Morgan fingerprint density at radius 3 is 2.90 bits per heavy atom. The third-order valence-corrected chi connectivity index (χ3v) is 4.83. The fourth-order valence-electron chi connectivity index (χ4n) is 3.51. The molecule has 0 saturated heterocycles. The number of nitrogens with zero attached hydrogens (tertiary/aromatic N) is 5. The van der Waals surface area contributed by atoms with Crippen molar-refractivity contribution < 1.29 is 9.53 Å². The molecule has 150 valence electrons. The van der Waals surface area contributed by atoms with Gasteiger partial charge in [0, 0.05) is 24.7 Å². The van der Waals surface area contributed by atoms with E-state index in [1.165, 1.54) is 0 Å². The predicted molar refractivity (Wildman–Crippen MR) is 109 cm³/mol. The molecule has 1 unspecified atom stereocenters. The van der Waals surface area contributed by atoms with Gasteiger partial charge in [-0.3, -0.25) is 9.20 Å². The standard InChI is InChI=1S/C21H24N6O2/c1-14-9-17(16(3)27(14)15(2)13-29-4)10-18(11-22)21(28)23-12-20-25-24-19-7-5-6-8-26(19)20/h5-10,15H,12-13H2,1-4H3,(H,23,28)/b18-10+. The Bertz CT molecular complexity index is 1100. The number of aromatic nitrogens is 4. The summed E-state index contributed by atoms with van der Waals surface area (Å²) >= 11 is 0. The molecule has 3 aromatic heterocycles. The number of hydrogen-bond donors (Lipinski definition) is 1. The van der Waals surface area contributed by atoms with Crippen LogP contribution in [0.2, 0.25) is 0 Å². The van der Waals surface area contributed by atoms with Gasteiger partial charge in [0.05, 0.1) is 19.2 Å². The summed E-state index contributed by atoms with van der Waals surface area (Å²) < 4.78 is 9.19. The summed E-state index contributed by atoms with van der Waals surface area (Å²) in [6, 6.07) is 9.69. The molecule has 0 radical (unpaired) electrons. The molecule has 3 rings (SSSR count). The monoisotopic (exact) mass is 392 g/mol. The van der Waals surface area contributed by atoms with Crippen LogP contribution in [0, 0.1) is 25.2 Å². The molecule has 1 N–H and O–H groups in total. The predicted octanol–water partition coefficient (Wildman–Crippen LogP) is 2.58. The summed E-state index contributed by atoms with van der Waals surface area (Å²) in [5.41, 5.74) is 3.61. The van der Waals surface area contributed by atoms with Crippen molar-refractivity contribution in [1.29, 1.82) is 5.26 Å². The molecule has 0 saturated carbocycles. The van der Waals surface area contributed by atoms with Crippen molar-refractivity contribution in [2.24, 2.45) is 0 Å². The Labute approximate surface area is 169 Å². The SMILES string of the molecule is COCC(C)n1c(C)cc(/C=C(\C#N)C(=O)NCc2nnc3ccccn23)c1C. The minimum atomic E-state index is -0.449. The van der Waals surface area contributed by atoms with Crippen molar-refractivity contribution in [2.75, 3.05) is 13.7 Å². The van der Waals surface area contributed by atoms with E-state index in [1.807, 2.05) is 50.4 Å². The summed E-state index contributed by atoms with van der Waals surface area (Å²) in [6.07, 6.45) is 3.45. The lowest BCUT2D eigenvalue weighted by molar-refractivity contribution is -0.117. The molecule has 0 aromatic carbocycles. The van der Waals surface area contributed by atoms with Crippen LogP contribution in [-0.4, -0.2) is 38.8 Å². The molecular weight excluding hydrogens is 368 g/mol. The van der Waals surface area contributed by atoms with E-state index < -0.39 is 5.91 Å². The van der Waals surface area contributed by atoms with E-state index in [4.69, 9.17) is 4.74 Å². The van der Waals surface area contributed by atoms with Crippen LogP contribution < -0.4 is 5.32 Å². The molecule has 0 aliphatic heterocycles. The van der Waals surface area contributed by atoms with Gasteiger partial charge in [-0.15, -0.1) is 10.2 Å². The third kappa shape index (κ3) is 4.20. The quantitative estimate of drug-likeness (QED) is 0.492. The minimum Gasteiger partial charge on any atom is -0.383 e. The second-order valence-corrected chi connectivity index (χ2v) is 6.90. The Balaban J connectivity index is 1.78. The molecule has 3 heterocycles. The average molecular weight is 392 g/mol. The Morgan fingerprint density at radius 2 is 2.17 bits per heavy atom. The highest BCUT2D eigenvalue weighted by Crippen LogP contribution is 2.22. The van der Waals surface area contributed by atoms with Gasteiger partial charge in [-0.05, 0) is 50.6 Å². The average Bonchev–Trinajstić information content (AvgIpc) is 3.24. The fraction of sp³-hybridized carbons (Fsp3) is 0.333. The fourth-order valence-corrected chi connectivity index (χ4v) is 3.51. The summed E-state index contributed by atoms with van der Waals surface area (Å²) in [7, 11) is 1.67. The molecule has 0 aliphatic carbocycles. The van der Waals surface area contributed by atoms with Crippen LogP contribution in [0.5, 0.6) is 0 Å². The van der Waals surface area contributed by atoms with Gasteiger partial charge in [0.2, 0.25) is 0 Å². The van der Waals surface area contributed by atoms with Crippen molar-refractivity contribution in [1.82, 2.24) is 24.5 Å². The third-order valence-electron chi connectivity index (χ3n) is 4.83. The number of carbonyl (C=O) groups is 1. The molecule has 0 fully saturated rings. The minimum absolute atomic E-state index is 0.0402. The Morgan fingerprint density at radius 1 is 1.38 bits per heavy atom. The number of aryl methyl sites for hydroxylation is 1. The number of carbonyl (C=O) groups excluding carboxylic acids is 1. The number of fused-ring (bicyclic) bond motifs is 1. The molecule has 29 heavy (non-hydrogen) atoms. The topological polar surface area (TPSA) is 97.2 Å². The molecule has 0 bridgehead atoms. The highest BCUT2D eigenvalue weighted by molar-refractivity contribution is 6.01. The Kier molecular flexibility index (Phi) is 6.10. The number of ether oxygens (including phenoxy) is 1. The van der Waals surface area contributed by atoms with Crippen LogP contribution in [-0.2, 0) is 16.1 Å². The van der Waals surface area contributed by atoms with Crippen molar-refractivity contribution in [2.45, 2.75) is 33.4 Å². The van der Waals surface area contributed by atoms with Gasteiger partial charge >= 0.3 is 0 Å². The summed E-state index contributed by atoms with van der Waals surface area (Å²) in [4.78, 5) is 12.6. The van der Waals surface area contributed by atoms with E-state index in [2.05, 4.69) is 27.0 Å². The van der Waals surface area contributed by atoms with Gasteiger partial charge in [0.25, 0.3) is 5.91 Å². The number of rotatable bonds is 7. The number of nitrogens with one attached hydrogen (secondary N) is 1. The van der Waals surface area contributed by atoms with Crippen LogP contribution in [0.3, 0.4) is 0 Å². The molecule has 0 aliphatic rings. The number of amides is 1. The first-order valence-electron chi connectivity index (χ1n) is 9.32. The van der Waals surface area contributed by atoms with E-state index in [0.29, 0.717) is 18.1 Å². The zero-order valence-corrected chi connectivity index (χ0v) is 17.0. The van der Waals surface area contributed by atoms with Crippen LogP contribution in [0.15, 0.2) is 36.0 Å². The molecular formula is C21H24N6O2. The van der Waals surface area contributed by atoms with E-state index in [0.717, 1.165) is 17.0 Å². The number of methoxy groups -OCH3 is 1. The first-order valence-corrected chi connectivity index (χ1v) is 9.32. The first kappa shape index (κ1) is 20.3. The normalized spacial score (nSPS) is 12.7. The van der Waals surface area contributed by atoms with E-state index in [1.54, 1.807) is 17.6 Å². The molecule has 3 aromatic rings. The van der Waals surface area contributed by atoms with Gasteiger partial charge in [0.15, 0.2) is 11.5 Å². The second-order valence-electron chi connectivity index (χ2n) is 6.90. The van der Waals surface area contributed by atoms with Crippen molar-refractivity contribution in [3.8, 4) is 6.07 Å². The highest BCUT2D eigenvalue weighted by Gasteiger charge is 2.16. The molecule has 1 atom stereocenters. The van der Waals surface area contributed by atoms with Crippen LogP contribution >= 0.6 is 0 Å². The molecule has 1 amide bonds. The van der Waals surface area contributed by atoms with E-state index >= 15 is 0 Å². The zero-order chi connectivity index (χ0) is 21.0. The Hall–Kier alpha value is -3.44. The number of hydrogen-bond acceptors (Lipinski definition) is 5. The second kappa shape index (κ2) is 8.71. The van der Waals surface area contributed by atoms with E-state index in [-0.39, 0.29) is 18.2 Å². The van der Waals surface area contributed by atoms with Gasteiger partial charge < -0.3 is 14.6 Å². The van der Waals surface area contributed by atoms with Gasteiger partial charge in [-0.2, -0.15) is 5.26 Å². The largest absolute Gasteiger partial charge is 0.383 e. The molecule has 0 spiro atoms. The lowest BCUT2D eigenvalue weighted by Gasteiger charge is -2.17. The van der Waals surface area contributed by atoms with Crippen molar-refractivity contribution in [3.05, 3.63) is 58.8 Å². The highest BCUT2D eigenvalue weighted by atomic mass is 16.5. The lowest BCUT2D eigenvalue weighted by atomic mass is 10.1. The smallest absolute Gasteiger partial charge is 0.262 e. The van der Waals surface area contributed by atoms with Gasteiger partial charge in [-0.1, -0.05) is 6.07 Å². The molecule has 8 nitrogen and oxygen atoms in total.